The summed E-state index contributed by atoms with van der Waals surface area (Å²) in [6.07, 6.45) is 5.80. The first-order valence-corrected chi connectivity index (χ1v) is 7.34. The van der Waals surface area contributed by atoms with Gasteiger partial charge in [-0.15, -0.1) is 12.3 Å². The lowest BCUT2D eigenvalue weighted by atomic mass is 10.1. The first-order valence-electron chi connectivity index (χ1n) is 6.55. The van der Waals surface area contributed by atoms with Crippen molar-refractivity contribution in [3.8, 4) is 23.8 Å². The molecule has 1 aromatic carbocycles. The van der Waals surface area contributed by atoms with Gasteiger partial charge in [0.1, 0.15) is 0 Å². The Hall–Kier alpha value is -1.18. The molecular weight excluding hydrogens is 318 g/mol. The van der Waals surface area contributed by atoms with Crippen LogP contribution in [-0.2, 0) is 6.54 Å². The third-order valence-electron chi connectivity index (χ3n) is 2.60. The minimum absolute atomic E-state index is 0.0711. The second-order valence-electron chi connectivity index (χ2n) is 5.52. The summed E-state index contributed by atoms with van der Waals surface area (Å²) in [7, 11) is 1.64. The van der Waals surface area contributed by atoms with Gasteiger partial charge in [-0.3, -0.25) is 0 Å². The van der Waals surface area contributed by atoms with Crippen molar-refractivity contribution in [2.45, 2.75) is 39.3 Å². The molecule has 0 heterocycles. The van der Waals surface area contributed by atoms with Gasteiger partial charge in [0.2, 0.25) is 0 Å². The fourth-order valence-electron chi connectivity index (χ4n) is 1.59. The molecule has 0 aromatic heterocycles. The Balaban J connectivity index is 2.87. The van der Waals surface area contributed by atoms with Crippen molar-refractivity contribution >= 4 is 15.9 Å². The van der Waals surface area contributed by atoms with Gasteiger partial charge in [-0.1, -0.05) is 0 Å². The van der Waals surface area contributed by atoms with Gasteiger partial charge < -0.3 is 14.8 Å². The van der Waals surface area contributed by atoms with E-state index in [0.29, 0.717) is 24.5 Å². The van der Waals surface area contributed by atoms with E-state index in [-0.39, 0.29) is 5.54 Å². The van der Waals surface area contributed by atoms with Crippen molar-refractivity contribution in [1.82, 2.24) is 5.32 Å². The van der Waals surface area contributed by atoms with Crippen LogP contribution in [0, 0.1) is 12.3 Å². The number of halogens is 1. The van der Waals surface area contributed by atoms with E-state index in [0.717, 1.165) is 16.6 Å². The van der Waals surface area contributed by atoms with Crippen molar-refractivity contribution in [3.05, 3.63) is 22.2 Å². The van der Waals surface area contributed by atoms with E-state index in [9.17, 15) is 0 Å². The van der Waals surface area contributed by atoms with Crippen LogP contribution in [-0.4, -0.2) is 19.3 Å². The zero-order valence-corrected chi connectivity index (χ0v) is 14.1. The van der Waals surface area contributed by atoms with Crippen molar-refractivity contribution < 1.29 is 9.47 Å². The van der Waals surface area contributed by atoms with Crippen LogP contribution in [0.4, 0.5) is 0 Å². The highest BCUT2D eigenvalue weighted by Crippen LogP contribution is 2.36. The van der Waals surface area contributed by atoms with Crippen LogP contribution >= 0.6 is 15.9 Å². The summed E-state index contributed by atoms with van der Waals surface area (Å²) in [5.41, 5.74) is 1.20. The number of rotatable bonds is 6. The molecule has 0 aliphatic heterocycles. The van der Waals surface area contributed by atoms with Crippen molar-refractivity contribution in [1.29, 1.82) is 0 Å². The topological polar surface area (TPSA) is 30.5 Å². The fraction of sp³-hybridized carbons (Fsp3) is 0.500. The molecule has 0 spiro atoms. The Morgan fingerprint density at radius 1 is 1.35 bits per heavy atom. The van der Waals surface area contributed by atoms with Crippen LogP contribution in [0.2, 0.25) is 0 Å². The third kappa shape index (κ3) is 5.44. The number of nitrogens with one attached hydrogen (secondary N) is 1. The summed E-state index contributed by atoms with van der Waals surface area (Å²) < 4.78 is 11.9. The zero-order chi connectivity index (χ0) is 15.2. The third-order valence-corrected chi connectivity index (χ3v) is 3.19. The monoisotopic (exact) mass is 339 g/mol. The first-order chi connectivity index (χ1) is 9.37. The molecule has 0 saturated carbocycles. The van der Waals surface area contributed by atoms with Crippen molar-refractivity contribution in [3.63, 3.8) is 0 Å². The maximum absolute atomic E-state index is 5.66. The van der Waals surface area contributed by atoms with E-state index >= 15 is 0 Å². The van der Waals surface area contributed by atoms with E-state index in [1.54, 1.807) is 7.11 Å². The molecule has 0 radical (unpaired) electrons. The number of terminal acetylenes is 1. The average Bonchev–Trinajstić information content (AvgIpc) is 2.37. The molecule has 0 aliphatic carbocycles. The molecule has 1 N–H and O–H groups in total. The molecule has 0 saturated heterocycles. The van der Waals surface area contributed by atoms with E-state index in [1.165, 1.54) is 0 Å². The summed E-state index contributed by atoms with van der Waals surface area (Å²) in [4.78, 5) is 0. The summed E-state index contributed by atoms with van der Waals surface area (Å²) in [6.45, 7) is 7.65. The fourth-order valence-corrected chi connectivity index (χ4v) is 2.20. The molecule has 0 fully saturated rings. The first kappa shape index (κ1) is 16.9. The summed E-state index contributed by atoms with van der Waals surface area (Å²) >= 11 is 3.53. The zero-order valence-electron chi connectivity index (χ0n) is 12.5. The number of hydrogen-bond donors (Lipinski definition) is 1. The molecule has 3 nitrogen and oxygen atoms in total. The maximum atomic E-state index is 5.66. The standard InChI is InChI=1S/C16H22BrNO2/c1-6-7-8-20-15-13(17)9-12(10-14(15)19-5)11-18-16(2,3)4/h1,9-10,18H,7-8,11H2,2-5H3. The average molecular weight is 340 g/mol. The molecule has 0 amide bonds. The van der Waals surface area contributed by atoms with E-state index in [4.69, 9.17) is 15.9 Å². The van der Waals surface area contributed by atoms with Gasteiger partial charge >= 0.3 is 0 Å². The van der Waals surface area contributed by atoms with Crippen LogP contribution in [0.3, 0.4) is 0 Å². The Bertz CT molecular complexity index is 486. The predicted octanol–water partition coefficient (Wildman–Crippen LogP) is 3.75. The Labute approximate surface area is 130 Å². The highest BCUT2D eigenvalue weighted by atomic mass is 79.9. The van der Waals surface area contributed by atoms with Crippen LogP contribution in [0.5, 0.6) is 11.5 Å². The number of methoxy groups -OCH3 is 1. The Kier molecular flexibility index (Phi) is 6.38. The van der Waals surface area contributed by atoms with Gasteiger partial charge in [-0.05, 0) is 54.4 Å². The molecule has 110 valence electrons. The number of hydrogen-bond acceptors (Lipinski definition) is 3. The molecule has 1 rings (SSSR count). The van der Waals surface area contributed by atoms with Crippen molar-refractivity contribution in [2.24, 2.45) is 0 Å². The minimum atomic E-state index is 0.0711. The SMILES string of the molecule is C#CCCOc1c(Br)cc(CNC(C)(C)C)cc1OC. The highest BCUT2D eigenvalue weighted by molar-refractivity contribution is 9.10. The van der Waals surface area contributed by atoms with Crippen molar-refractivity contribution in [2.75, 3.05) is 13.7 Å². The molecule has 4 heteroatoms. The lowest BCUT2D eigenvalue weighted by Gasteiger charge is -2.21. The predicted molar refractivity (Wildman–Crippen MR) is 86.2 cm³/mol. The molecule has 20 heavy (non-hydrogen) atoms. The normalized spacial score (nSPS) is 11.0. The second kappa shape index (κ2) is 7.56. The summed E-state index contributed by atoms with van der Waals surface area (Å²) in [5, 5.41) is 3.44. The maximum Gasteiger partial charge on any atom is 0.175 e. The lowest BCUT2D eigenvalue weighted by Crippen LogP contribution is -2.35. The highest BCUT2D eigenvalue weighted by Gasteiger charge is 2.13. The van der Waals surface area contributed by atoms with Gasteiger partial charge in [-0.2, -0.15) is 0 Å². The van der Waals surface area contributed by atoms with Gasteiger partial charge in [-0.25, -0.2) is 0 Å². The smallest absolute Gasteiger partial charge is 0.175 e. The van der Waals surface area contributed by atoms with Crippen LogP contribution in [0.25, 0.3) is 0 Å². The van der Waals surface area contributed by atoms with E-state index in [2.05, 4.69) is 47.9 Å². The number of ether oxygens (including phenoxy) is 2. The van der Waals surface area contributed by atoms with Gasteiger partial charge in [0.25, 0.3) is 0 Å². The largest absolute Gasteiger partial charge is 0.493 e. The second-order valence-corrected chi connectivity index (χ2v) is 6.37. The number of benzene rings is 1. The van der Waals surface area contributed by atoms with E-state index in [1.807, 2.05) is 12.1 Å². The summed E-state index contributed by atoms with van der Waals surface area (Å²) in [6, 6.07) is 4.02. The van der Waals surface area contributed by atoms with Crippen LogP contribution < -0.4 is 14.8 Å². The molecule has 1 aromatic rings. The quantitative estimate of drug-likeness (QED) is 0.632. The Morgan fingerprint density at radius 2 is 2.05 bits per heavy atom. The van der Waals surface area contributed by atoms with Gasteiger partial charge in [0, 0.05) is 18.5 Å². The van der Waals surface area contributed by atoms with Crippen LogP contribution in [0.1, 0.15) is 32.8 Å². The lowest BCUT2D eigenvalue weighted by molar-refractivity contribution is 0.299. The molecular formula is C16H22BrNO2. The minimum Gasteiger partial charge on any atom is -0.493 e. The van der Waals surface area contributed by atoms with Gasteiger partial charge in [0.15, 0.2) is 11.5 Å². The molecule has 0 bridgehead atoms. The summed E-state index contributed by atoms with van der Waals surface area (Å²) in [5.74, 6) is 3.96. The Morgan fingerprint density at radius 3 is 2.60 bits per heavy atom. The van der Waals surface area contributed by atoms with Crippen LogP contribution in [0.15, 0.2) is 16.6 Å². The molecule has 0 atom stereocenters. The molecule has 0 aliphatic rings. The van der Waals surface area contributed by atoms with E-state index < -0.39 is 0 Å². The molecule has 0 unspecified atom stereocenters. The van der Waals surface area contributed by atoms with Gasteiger partial charge in [0.05, 0.1) is 18.2 Å².